The number of methoxy groups -OCH3 is 1. The van der Waals surface area contributed by atoms with Crippen LogP contribution in [-0.4, -0.2) is 24.0 Å². The average molecular weight is 409 g/mol. The molecule has 0 amide bonds. The zero-order valence-corrected chi connectivity index (χ0v) is 16.3. The highest BCUT2D eigenvalue weighted by Gasteiger charge is 2.33. The van der Waals surface area contributed by atoms with Gasteiger partial charge in [0.25, 0.3) is 0 Å². The summed E-state index contributed by atoms with van der Waals surface area (Å²) in [7, 11) is 1.57. The number of carbonyl (C=O) groups excluding carboxylic acids is 2. The first-order valence-corrected chi connectivity index (χ1v) is 9.36. The van der Waals surface area contributed by atoms with Crippen LogP contribution in [0.25, 0.3) is 0 Å². The lowest BCUT2D eigenvalue weighted by molar-refractivity contribution is -0.135. The van der Waals surface area contributed by atoms with Crippen LogP contribution in [0.5, 0.6) is 17.2 Å². The summed E-state index contributed by atoms with van der Waals surface area (Å²) in [6, 6.07) is 16.7. The molecule has 3 aromatic rings. The molecule has 3 aromatic carbocycles. The number of phenolic OH excluding ortho intramolecular Hbond substituents is 1. The topological polar surface area (TPSA) is 72.8 Å². The van der Waals surface area contributed by atoms with Gasteiger partial charge in [-0.3, -0.25) is 9.59 Å². The molecule has 1 atom stereocenters. The van der Waals surface area contributed by atoms with E-state index < -0.39 is 11.9 Å². The molecule has 0 fully saturated rings. The summed E-state index contributed by atoms with van der Waals surface area (Å²) in [5.74, 6) is -0.414. The van der Waals surface area contributed by atoms with E-state index in [0.717, 1.165) is 5.56 Å². The van der Waals surface area contributed by atoms with E-state index in [0.29, 0.717) is 21.9 Å². The predicted octanol–water partition coefficient (Wildman–Crippen LogP) is 4.73. The summed E-state index contributed by atoms with van der Waals surface area (Å²) in [4.78, 5) is 25.0. The molecular formula is C23H17ClO5. The van der Waals surface area contributed by atoms with Crippen molar-refractivity contribution < 1.29 is 24.2 Å². The van der Waals surface area contributed by atoms with Gasteiger partial charge in [-0.1, -0.05) is 23.7 Å². The van der Waals surface area contributed by atoms with Crippen LogP contribution in [0.4, 0.5) is 0 Å². The molecule has 0 bridgehead atoms. The molecule has 0 radical (unpaired) electrons. The van der Waals surface area contributed by atoms with Crippen LogP contribution in [0.3, 0.4) is 0 Å². The number of fused-ring (bicyclic) bond motifs is 1. The van der Waals surface area contributed by atoms with Crippen molar-refractivity contribution in [3.8, 4) is 17.2 Å². The summed E-state index contributed by atoms with van der Waals surface area (Å²) in [6.45, 7) is 0. The van der Waals surface area contributed by atoms with Crippen LogP contribution in [-0.2, 0) is 4.79 Å². The minimum Gasteiger partial charge on any atom is -0.507 e. The molecule has 146 valence electrons. The monoisotopic (exact) mass is 408 g/mol. The lowest BCUT2D eigenvalue weighted by Gasteiger charge is -2.26. The highest BCUT2D eigenvalue weighted by Crippen LogP contribution is 2.45. The molecule has 1 N–H and O–H groups in total. The second kappa shape index (κ2) is 7.60. The SMILES string of the molecule is COc1ccc(C2CC(=O)Oc3ccc(C(=O)c4ccc(Cl)cc4)c(O)c32)cc1. The van der Waals surface area contributed by atoms with Gasteiger partial charge in [-0.05, 0) is 54.1 Å². The minimum atomic E-state index is -0.435. The molecule has 0 saturated carbocycles. The molecular weight excluding hydrogens is 392 g/mol. The number of aromatic hydroxyl groups is 1. The van der Waals surface area contributed by atoms with Gasteiger partial charge in [0.15, 0.2) is 5.78 Å². The molecule has 5 nitrogen and oxygen atoms in total. The van der Waals surface area contributed by atoms with Crippen molar-refractivity contribution in [1.29, 1.82) is 0 Å². The van der Waals surface area contributed by atoms with Crippen molar-refractivity contribution in [2.75, 3.05) is 7.11 Å². The molecule has 0 spiro atoms. The molecule has 0 aliphatic carbocycles. The Balaban J connectivity index is 1.80. The highest BCUT2D eigenvalue weighted by molar-refractivity contribution is 6.30. The van der Waals surface area contributed by atoms with Gasteiger partial charge in [-0.25, -0.2) is 0 Å². The molecule has 1 unspecified atom stereocenters. The maximum atomic E-state index is 12.9. The zero-order chi connectivity index (χ0) is 20.5. The fourth-order valence-electron chi connectivity index (χ4n) is 3.51. The Morgan fingerprint density at radius 2 is 1.76 bits per heavy atom. The van der Waals surface area contributed by atoms with Gasteiger partial charge in [0.05, 0.1) is 19.1 Å². The quantitative estimate of drug-likeness (QED) is 0.384. The van der Waals surface area contributed by atoms with Crippen molar-refractivity contribution in [3.63, 3.8) is 0 Å². The maximum Gasteiger partial charge on any atom is 0.312 e. The third-order valence-electron chi connectivity index (χ3n) is 4.99. The van der Waals surface area contributed by atoms with E-state index >= 15 is 0 Å². The maximum absolute atomic E-state index is 12.9. The number of rotatable bonds is 4. The third-order valence-corrected chi connectivity index (χ3v) is 5.24. The Labute approximate surface area is 172 Å². The summed E-state index contributed by atoms with van der Waals surface area (Å²) in [5, 5.41) is 11.5. The molecule has 29 heavy (non-hydrogen) atoms. The van der Waals surface area contributed by atoms with Crippen molar-refractivity contribution in [1.82, 2.24) is 0 Å². The van der Waals surface area contributed by atoms with Gasteiger partial charge in [0.2, 0.25) is 0 Å². The Morgan fingerprint density at radius 3 is 2.41 bits per heavy atom. The molecule has 6 heteroatoms. The molecule has 0 saturated heterocycles. The fraction of sp³-hybridized carbons (Fsp3) is 0.130. The van der Waals surface area contributed by atoms with Crippen LogP contribution >= 0.6 is 11.6 Å². The lowest BCUT2D eigenvalue weighted by Crippen LogP contribution is -2.22. The Hall–Kier alpha value is -3.31. The first-order valence-electron chi connectivity index (χ1n) is 8.98. The Kier molecular flexibility index (Phi) is 4.99. The number of benzene rings is 3. The van der Waals surface area contributed by atoms with Crippen molar-refractivity contribution in [2.45, 2.75) is 12.3 Å². The van der Waals surface area contributed by atoms with E-state index in [-0.39, 0.29) is 29.3 Å². The number of hydrogen-bond acceptors (Lipinski definition) is 5. The van der Waals surface area contributed by atoms with E-state index in [1.165, 1.54) is 6.07 Å². The third kappa shape index (κ3) is 3.57. The normalized spacial score (nSPS) is 15.4. The predicted molar refractivity (Wildman–Crippen MR) is 108 cm³/mol. The van der Waals surface area contributed by atoms with Crippen LogP contribution in [0.1, 0.15) is 39.4 Å². The number of carbonyl (C=O) groups is 2. The number of esters is 1. The lowest BCUT2D eigenvalue weighted by atomic mass is 9.84. The first-order chi connectivity index (χ1) is 14.0. The van der Waals surface area contributed by atoms with E-state index in [4.69, 9.17) is 21.1 Å². The van der Waals surface area contributed by atoms with Gasteiger partial charge in [0.1, 0.15) is 17.2 Å². The number of hydrogen-bond donors (Lipinski definition) is 1. The molecule has 1 heterocycles. The second-order valence-electron chi connectivity index (χ2n) is 6.71. The standard InChI is InChI=1S/C23H17ClO5/c1-28-16-8-4-13(5-9-16)18-12-20(25)29-19-11-10-17(23(27)21(18)19)22(26)14-2-6-15(24)7-3-14/h2-11,18,27H,12H2,1H3. The summed E-state index contributed by atoms with van der Waals surface area (Å²) < 4.78 is 10.5. The number of halogens is 1. The smallest absolute Gasteiger partial charge is 0.312 e. The van der Waals surface area contributed by atoms with E-state index in [2.05, 4.69) is 0 Å². The summed E-state index contributed by atoms with van der Waals surface area (Å²) in [6.07, 6.45) is 0.0610. The van der Waals surface area contributed by atoms with Crippen molar-refractivity contribution in [3.05, 3.63) is 87.9 Å². The number of phenols is 1. The molecule has 1 aliphatic heterocycles. The second-order valence-corrected chi connectivity index (χ2v) is 7.15. The van der Waals surface area contributed by atoms with Crippen LogP contribution < -0.4 is 9.47 Å². The van der Waals surface area contributed by atoms with Gasteiger partial charge in [0, 0.05) is 22.1 Å². The van der Waals surface area contributed by atoms with Crippen molar-refractivity contribution in [2.24, 2.45) is 0 Å². The Bertz CT molecular complexity index is 1090. The van der Waals surface area contributed by atoms with Crippen molar-refractivity contribution >= 4 is 23.4 Å². The van der Waals surface area contributed by atoms with Crippen LogP contribution in [0.2, 0.25) is 5.02 Å². The summed E-state index contributed by atoms with van der Waals surface area (Å²) >= 11 is 5.89. The molecule has 4 rings (SSSR count). The highest BCUT2D eigenvalue weighted by atomic mass is 35.5. The molecule has 0 aromatic heterocycles. The van der Waals surface area contributed by atoms with E-state index in [9.17, 15) is 14.7 Å². The van der Waals surface area contributed by atoms with Gasteiger partial charge in [-0.2, -0.15) is 0 Å². The number of ketones is 1. The average Bonchev–Trinajstić information content (AvgIpc) is 2.73. The zero-order valence-electron chi connectivity index (χ0n) is 15.5. The molecule has 1 aliphatic rings. The van der Waals surface area contributed by atoms with Gasteiger partial charge >= 0.3 is 5.97 Å². The van der Waals surface area contributed by atoms with Crippen LogP contribution in [0, 0.1) is 0 Å². The van der Waals surface area contributed by atoms with E-state index in [1.807, 2.05) is 12.1 Å². The number of ether oxygens (including phenoxy) is 2. The first kappa shape index (κ1) is 19.0. The van der Waals surface area contributed by atoms with Crippen LogP contribution in [0.15, 0.2) is 60.7 Å². The minimum absolute atomic E-state index is 0.0610. The van der Waals surface area contributed by atoms with E-state index in [1.54, 1.807) is 49.6 Å². The largest absolute Gasteiger partial charge is 0.507 e. The van der Waals surface area contributed by atoms with Gasteiger partial charge in [-0.15, -0.1) is 0 Å². The summed E-state index contributed by atoms with van der Waals surface area (Å²) in [5.41, 5.74) is 1.78. The Morgan fingerprint density at radius 1 is 1.07 bits per heavy atom. The fourth-order valence-corrected chi connectivity index (χ4v) is 3.64. The van der Waals surface area contributed by atoms with Gasteiger partial charge < -0.3 is 14.6 Å².